The van der Waals surface area contributed by atoms with Gasteiger partial charge in [0.2, 0.25) is 5.95 Å². The minimum Gasteiger partial charge on any atom is -0.468 e. The zero-order chi connectivity index (χ0) is 29.0. The highest BCUT2D eigenvalue weighted by Gasteiger charge is 2.56. The number of nitrogen functional groups attached to an aromatic ring is 1. The first-order chi connectivity index (χ1) is 19.1. The van der Waals surface area contributed by atoms with Crippen molar-refractivity contribution in [2.24, 2.45) is 0 Å². The highest BCUT2D eigenvalue weighted by Crippen LogP contribution is 2.43. The van der Waals surface area contributed by atoms with Gasteiger partial charge in [-0.15, -0.1) is 0 Å². The van der Waals surface area contributed by atoms with E-state index in [-0.39, 0.29) is 17.3 Å². The van der Waals surface area contributed by atoms with E-state index in [2.05, 4.69) is 20.3 Å². The second-order valence-electron chi connectivity index (χ2n) is 9.24. The van der Waals surface area contributed by atoms with Crippen LogP contribution in [0.5, 0.6) is 5.75 Å². The Balaban J connectivity index is 1.55. The third kappa shape index (κ3) is 5.98. The van der Waals surface area contributed by atoms with Gasteiger partial charge in [0.05, 0.1) is 18.3 Å². The second kappa shape index (κ2) is 12.4. The number of esters is 1. The SMILES string of the molecule is CCCNc1nc(N)nc2c1ncn2[C@@H]1O[C@H](CON([C@@H](C)C(=O)OC)[P+](=O)Oc2ccccc2)[C@@H](O)[C@@]1(C)F. The van der Waals surface area contributed by atoms with Crippen LogP contribution in [0.2, 0.25) is 0 Å². The summed E-state index contributed by atoms with van der Waals surface area (Å²) in [5, 5.41) is 14.0. The quantitative estimate of drug-likeness (QED) is 0.162. The van der Waals surface area contributed by atoms with E-state index in [9.17, 15) is 14.5 Å². The molecule has 16 heteroatoms. The molecule has 4 rings (SSSR count). The molecule has 0 amide bonds. The van der Waals surface area contributed by atoms with E-state index in [1.807, 2.05) is 6.92 Å². The summed E-state index contributed by atoms with van der Waals surface area (Å²) in [6.07, 6.45) is -2.17. The Morgan fingerprint density at radius 3 is 2.77 bits per heavy atom. The van der Waals surface area contributed by atoms with E-state index in [1.165, 1.54) is 31.9 Å². The minimum atomic E-state index is -2.76. The minimum absolute atomic E-state index is 0.0542. The normalized spacial score (nSPS) is 23.8. The molecule has 1 saturated heterocycles. The maximum atomic E-state index is 16.0. The number of alkyl halides is 1. The molecule has 1 aliphatic heterocycles. The Hall–Kier alpha value is -3.49. The first kappa shape index (κ1) is 29.5. The number of hydroxylamine groups is 1. The molecular formula is C24H32FN7O7P+. The summed E-state index contributed by atoms with van der Waals surface area (Å²) < 4.78 is 46.4. The largest absolute Gasteiger partial charge is 0.693 e. The van der Waals surface area contributed by atoms with Crippen LogP contribution in [0.15, 0.2) is 36.7 Å². The van der Waals surface area contributed by atoms with E-state index < -0.39 is 50.9 Å². The standard InChI is InChI=1S/C24H32FN7O7P/c1-5-11-27-19-17-20(30-23(26)29-19)31(13-28-17)22-24(3,25)18(33)16(38-22)12-37-32(14(2)21(34)36-4)40(35)39-15-9-7-6-8-10-15/h6-10,13-14,16,18,22,33H,5,11-12H2,1-4H3,(H3,26,27,29,30)/q+1/t14-,16+,18+,22+,24+/m0/s1. The number of rotatable bonds is 12. The van der Waals surface area contributed by atoms with Gasteiger partial charge in [0.1, 0.15) is 18.8 Å². The molecule has 1 aliphatic rings. The lowest BCUT2D eigenvalue weighted by atomic mass is 9.98. The highest BCUT2D eigenvalue weighted by atomic mass is 31.1. The number of benzene rings is 1. The molecule has 0 aliphatic carbocycles. The first-order valence-electron chi connectivity index (χ1n) is 12.5. The lowest BCUT2D eigenvalue weighted by molar-refractivity contribution is -0.179. The van der Waals surface area contributed by atoms with Gasteiger partial charge in [-0.05, 0) is 32.4 Å². The van der Waals surface area contributed by atoms with Gasteiger partial charge in [0.25, 0.3) is 0 Å². The predicted octanol–water partition coefficient (Wildman–Crippen LogP) is 2.75. The highest BCUT2D eigenvalue weighted by molar-refractivity contribution is 7.36. The number of aliphatic hydroxyl groups excluding tert-OH is 1. The number of imidazole rings is 1. The number of carbonyl (C=O) groups excluding carboxylic acids is 1. The molecule has 0 saturated carbocycles. The van der Waals surface area contributed by atoms with Crippen LogP contribution in [-0.4, -0.2) is 79.6 Å². The molecule has 1 unspecified atom stereocenters. The lowest BCUT2D eigenvalue weighted by Gasteiger charge is -2.24. The van der Waals surface area contributed by atoms with E-state index in [1.54, 1.807) is 30.3 Å². The summed E-state index contributed by atoms with van der Waals surface area (Å²) in [4.78, 5) is 31.3. The van der Waals surface area contributed by atoms with Gasteiger partial charge in [-0.3, -0.25) is 14.2 Å². The Kier molecular flexibility index (Phi) is 9.11. The summed E-state index contributed by atoms with van der Waals surface area (Å²) in [6.45, 7) is 4.67. The van der Waals surface area contributed by atoms with Crippen molar-refractivity contribution in [3.63, 3.8) is 0 Å². The number of carbonyl (C=O) groups is 1. The van der Waals surface area contributed by atoms with Gasteiger partial charge in [-0.2, -0.15) is 9.97 Å². The Morgan fingerprint density at radius 2 is 2.10 bits per heavy atom. The van der Waals surface area contributed by atoms with Gasteiger partial charge < -0.3 is 25.6 Å². The number of fused-ring (bicyclic) bond motifs is 1. The molecule has 0 radical (unpaired) electrons. The number of nitrogens with two attached hydrogens (primary N) is 1. The molecule has 3 heterocycles. The van der Waals surface area contributed by atoms with E-state index in [0.717, 1.165) is 11.3 Å². The van der Waals surface area contributed by atoms with Gasteiger partial charge in [0.15, 0.2) is 40.7 Å². The predicted molar refractivity (Wildman–Crippen MR) is 142 cm³/mol. The van der Waals surface area contributed by atoms with Crippen LogP contribution in [-0.2, 0) is 23.7 Å². The average molecular weight is 581 g/mol. The number of halogens is 1. The number of aromatic nitrogens is 4. The molecule has 216 valence electrons. The molecule has 0 bridgehead atoms. The average Bonchev–Trinajstić information content (AvgIpc) is 3.45. The van der Waals surface area contributed by atoms with Crippen molar-refractivity contribution in [3.05, 3.63) is 36.7 Å². The maximum Gasteiger partial charge on any atom is 0.693 e. The Bertz CT molecular complexity index is 1350. The second-order valence-corrected chi connectivity index (χ2v) is 10.3. The van der Waals surface area contributed by atoms with Crippen molar-refractivity contribution in [1.29, 1.82) is 0 Å². The maximum absolute atomic E-state index is 16.0. The third-order valence-electron chi connectivity index (χ3n) is 6.28. The molecule has 3 aromatic rings. The number of nitrogens with one attached hydrogen (secondary N) is 1. The fourth-order valence-corrected chi connectivity index (χ4v) is 5.07. The number of hydrogen-bond donors (Lipinski definition) is 3. The van der Waals surface area contributed by atoms with Crippen LogP contribution < -0.4 is 15.6 Å². The van der Waals surface area contributed by atoms with Crippen LogP contribution in [0.4, 0.5) is 16.2 Å². The zero-order valence-electron chi connectivity index (χ0n) is 22.4. The topological polar surface area (TPSA) is 176 Å². The molecule has 4 N–H and O–H groups in total. The molecule has 1 aromatic carbocycles. The summed E-state index contributed by atoms with van der Waals surface area (Å²) in [6, 6.07) is 7.09. The third-order valence-corrected chi connectivity index (χ3v) is 7.43. The van der Waals surface area contributed by atoms with Crippen molar-refractivity contribution in [2.45, 2.75) is 57.3 Å². The van der Waals surface area contributed by atoms with Crippen LogP contribution in [0.1, 0.15) is 33.4 Å². The monoisotopic (exact) mass is 580 g/mol. The van der Waals surface area contributed by atoms with Crippen LogP contribution in [0.3, 0.4) is 0 Å². The van der Waals surface area contributed by atoms with E-state index in [0.29, 0.717) is 17.9 Å². The number of para-hydroxylation sites is 1. The number of ether oxygens (including phenoxy) is 2. The number of methoxy groups -OCH3 is 1. The lowest BCUT2D eigenvalue weighted by Crippen LogP contribution is -2.42. The Morgan fingerprint density at radius 1 is 1.38 bits per heavy atom. The van der Waals surface area contributed by atoms with Gasteiger partial charge >= 0.3 is 14.1 Å². The van der Waals surface area contributed by atoms with Crippen molar-refractivity contribution >= 4 is 37.1 Å². The zero-order valence-corrected chi connectivity index (χ0v) is 23.3. The van der Waals surface area contributed by atoms with Crippen LogP contribution in [0.25, 0.3) is 11.2 Å². The fraction of sp³-hybridized carbons (Fsp3) is 0.500. The summed E-state index contributed by atoms with van der Waals surface area (Å²) in [5.74, 6) is -0.155. The van der Waals surface area contributed by atoms with Crippen LogP contribution >= 0.6 is 8.18 Å². The van der Waals surface area contributed by atoms with E-state index >= 15 is 4.39 Å². The number of aliphatic hydroxyl groups is 1. The molecule has 6 atom stereocenters. The molecule has 40 heavy (non-hydrogen) atoms. The first-order valence-corrected chi connectivity index (χ1v) is 13.7. The van der Waals surface area contributed by atoms with Gasteiger partial charge in [-0.25, -0.2) is 13.9 Å². The number of anilines is 2. The van der Waals surface area contributed by atoms with Crippen LogP contribution in [0, 0.1) is 0 Å². The molecular weight excluding hydrogens is 548 g/mol. The van der Waals surface area contributed by atoms with Crippen molar-refractivity contribution in [1.82, 2.24) is 24.4 Å². The smallest absolute Gasteiger partial charge is 0.468 e. The Labute approximate surface area is 230 Å². The van der Waals surface area contributed by atoms with Gasteiger partial charge in [-0.1, -0.05) is 25.1 Å². The molecule has 1 fully saturated rings. The summed E-state index contributed by atoms with van der Waals surface area (Å²) in [5.41, 5.74) is 4.10. The molecule has 0 spiro atoms. The van der Waals surface area contributed by atoms with Gasteiger partial charge in [0, 0.05) is 11.1 Å². The molecule has 2 aromatic heterocycles. The number of nitrogens with zero attached hydrogens (tertiary/aromatic N) is 5. The van der Waals surface area contributed by atoms with E-state index in [4.69, 9.17) is 24.6 Å². The summed E-state index contributed by atoms with van der Waals surface area (Å²) in [7, 11) is -1.60. The van der Waals surface area contributed by atoms with Crippen molar-refractivity contribution in [2.75, 3.05) is 31.3 Å². The molecule has 14 nitrogen and oxygen atoms in total. The summed E-state index contributed by atoms with van der Waals surface area (Å²) >= 11 is 0. The fourth-order valence-electron chi connectivity index (χ4n) is 4.14. The van der Waals surface area contributed by atoms with Crippen molar-refractivity contribution < 1.29 is 37.7 Å². The number of hydrogen-bond acceptors (Lipinski definition) is 12. The van der Waals surface area contributed by atoms with Crippen molar-refractivity contribution in [3.8, 4) is 5.75 Å².